The lowest BCUT2D eigenvalue weighted by atomic mass is 10.0. The highest BCUT2D eigenvalue weighted by molar-refractivity contribution is 7.15. The highest BCUT2D eigenvalue weighted by atomic mass is 32.1. The minimum absolute atomic E-state index is 0.126. The summed E-state index contributed by atoms with van der Waals surface area (Å²) in [7, 11) is 0. The van der Waals surface area contributed by atoms with E-state index in [1.54, 1.807) is 16.2 Å². The summed E-state index contributed by atoms with van der Waals surface area (Å²) in [4.78, 5) is 30.6. The van der Waals surface area contributed by atoms with Crippen LogP contribution in [0, 0.1) is 0 Å². The van der Waals surface area contributed by atoms with Crippen LogP contribution in [-0.4, -0.2) is 46.0 Å². The number of hydrogen-bond acceptors (Lipinski definition) is 5. The maximum Gasteiger partial charge on any atom is 0.320 e. The van der Waals surface area contributed by atoms with E-state index in [0.717, 1.165) is 31.4 Å². The lowest BCUT2D eigenvalue weighted by molar-refractivity contribution is -0.142. The van der Waals surface area contributed by atoms with E-state index in [9.17, 15) is 9.59 Å². The van der Waals surface area contributed by atoms with Gasteiger partial charge in [0.15, 0.2) is 5.13 Å². The molecule has 3 rings (SSSR count). The summed E-state index contributed by atoms with van der Waals surface area (Å²) in [5.74, 6) is -1.01. The van der Waals surface area contributed by atoms with Crippen LogP contribution in [0.4, 0.5) is 5.13 Å². The van der Waals surface area contributed by atoms with Crippen molar-refractivity contribution in [2.75, 3.05) is 18.4 Å². The van der Waals surface area contributed by atoms with E-state index in [1.165, 1.54) is 11.3 Å². The molecule has 21 heavy (non-hydrogen) atoms. The Balaban J connectivity index is 1.59. The number of carbonyl (C=O) groups excluding carboxylic acids is 1. The number of nitrogens with zero attached hydrogens (tertiary/aromatic N) is 2. The van der Waals surface area contributed by atoms with Crippen LogP contribution in [0.25, 0.3) is 0 Å². The Hall–Kier alpha value is -1.47. The quantitative estimate of drug-likeness (QED) is 0.881. The first kappa shape index (κ1) is 14.5. The second kappa shape index (κ2) is 6.11. The maximum atomic E-state index is 12.1. The summed E-state index contributed by atoms with van der Waals surface area (Å²) >= 11 is 1.55. The number of amides is 1. The molecule has 1 amide bonds. The fourth-order valence-corrected chi connectivity index (χ4v) is 4.11. The van der Waals surface area contributed by atoms with Gasteiger partial charge in [-0.2, -0.15) is 0 Å². The summed E-state index contributed by atoms with van der Waals surface area (Å²) < 4.78 is 0. The first-order valence-electron chi connectivity index (χ1n) is 7.39. The molecule has 1 saturated heterocycles. The zero-order valence-corrected chi connectivity index (χ0v) is 12.6. The van der Waals surface area contributed by atoms with E-state index in [1.807, 2.05) is 0 Å². The monoisotopic (exact) mass is 309 g/mol. The van der Waals surface area contributed by atoms with Crippen LogP contribution in [-0.2, 0) is 22.4 Å². The molecule has 1 unspecified atom stereocenters. The SMILES string of the molecule is O=C(CN1CCCC1C(=O)O)Nc1nc2c(s1)CCCC2. The molecule has 0 bridgehead atoms. The van der Waals surface area contributed by atoms with Crippen molar-refractivity contribution in [1.82, 2.24) is 9.88 Å². The van der Waals surface area contributed by atoms with Gasteiger partial charge in [0, 0.05) is 4.88 Å². The van der Waals surface area contributed by atoms with E-state index in [2.05, 4.69) is 10.3 Å². The number of likely N-dealkylation sites (tertiary alicyclic amines) is 1. The molecule has 6 nitrogen and oxygen atoms in total. The van der Waals surface area contributed by atoms with Gasteiger partial charge in [-0.1, -0.05) is 0 Å². The van der Waals surface area contributed by atoms with Crippen LogP contribution in [0.1, 0.15) is 36.3 Å². The predicted octanol–water partition coefficient (Wildman–Crippen LogP) is 1.51. The molecule has 0 aromatic carbocycles. The van der Waals surface area contributed by atoms with Gasteiger partial charge in [-0.25, -0.2) is 4.98 Å². The largest absolute Gasteiger partial charge is 0.480 e. The Bertz CT molecular complexity index is 534. The van der Waals surface area contributed by atoms with Gasteiger partial charge >= 0.3 is 5.97 Å². The van der Waals surface area contributed by atoms with E-state index < -0.39 is 12.0 Å². The Morgan fingerprint density at radius 3 is 2.90 bits per heavy atom. The molecular weight excluding hydrogens is 290 g/mol. The van der Waals surface area contributed by atoms with Crippen molar-refractivity contribution in [3.63, 3.8) is 0 Å². The Kier molecular flexibility index (Phi) is 4.21. The van der Waals surface area contributed by atoms with Crippen LogP contribution >= 0.6 is 11.3 Å². The topological polar surface area (TPSA) is 82.5 Å². The molecule has 1 fully saturated rings. The standard InChI is InChI=1S/C14H19N3O3S/c18-12(8-17-7-3-5-10(17)13(19)20)16-14-15-9-4-1-2-6-11(9)21-14/h10H,1-8H2,(H,19,20)(H,15,16,18). The van der Waals surface area contributed by atoms with E-state index in [-0.39, 0.29) is 12.5 Å². The first-order chi connectivity index (χ1) is 10.1. The minimum Gasteiger partial charge on any atom is -0.480 e. The highest BCUT2D eigenvalue weighted by Crippen LogP contribution is 2.29. The molecule has 0 radical (unpaired) electrons. The molecule has 1 aliphatic heterocycles. The minimum atomic E-state index is -0.843. The zero-order chi connectivity index (χ0) is 14.8. The maximum absolute atomic E-state index is 12.1. The van der Waals surface area contributed by atoms with E-state index >= 15 is 0 Å². The molecule has 114 valence electrons. The Labute approximate surface area is 127 Å². The number of thiazole rings is 1. The van der Waals surface area contributed by atoms with Crippen molar-refractivity contribution in [2.24, 2.45) is 0 Å². The molecule has 2 aliphatic rings. The predicted molar refractivity (Wildman–Crippen MR) is 79.6 cm³/mol. The number of aliphatic carboxylic acids is 1. The van der Waals surface area contributed by atoms with Crippen molar-refractivity contribution < 1.29 is 14.7 Å². The summed E-state index contributed by atoms with van der Waals surface area (Å²) in [5, 5.41) is 12.6. The Morgan fingerprint density at radius 1 is 1.33 bits per heavy atom. The molecule has 1 aromatic heterocycles. The van der Waals surface area contributed by atoms with Crippen molar-refractivity contribution in [3.05, 3.63) is 10.6 Å². The third-order valence-corrected chi connectivity index (χ3v) is 5.16. The molecule has 1 aliphatic carbocycles. The fourth-order valence-electron chi connectivity index (χ4n) is 3.04. The number of carboxylic acids is 1. The lowest BCUT2D eigenvalue weighted by Gasteiger charge is -2.19. The third kappa shape index (κ3) is 3.24. The average Bonchev–Trinajstić information content (AvgIpc) is 3.03. The van der Waals surface area contributed by atoms with Crippen molar-refractivity contribution >= 4 is 28.3 Å². The lowest BCUT2D eigenvalue weighted by Crippen LogP contribution is -2.40. The summed E-state index contributed by atoms with van der Waals surface area (Å²) in [5.41, 5.74) is 1.12. The number of hydrogen-bond donors (Lipinski definition) is 2. The zero-order valence-electron chi connectivity index (χ0n) is 11.8. The molecule has 7 heteroatoms. The van der Waals surface area contributed by atoms with Gasteiger partial charge in [0.2, 0.25) is 5.91 Å². The van der Waals surface area contributed by atoms with Gasteiger partial charge in [-0.15, -0.1) is 11.3 Å². The van der Waals surface area contributed by atoms with E-state index in [0.29, 0.717) is 18.1 Å². The normalized spacial score (nSPS) is 22.0. The number of rotatable bonds is 4. The first-order valence-corrected chi connectivity index (χ1v) is 8.20. The summed E-state index contributed by atoms with van der Waals surface area (Å²) in [6, 6.07) is -0.528. The van der Waals surface area contributed by atoms with E-state index in [4.69, 9.17) is 5.11 Å². The third-order valence-electron chi connectivity index (χ3n) is 4.09. The molecule has 2 heterocycles. The number of aromatic nitrogens is 1. The second-order valence-corrected chi connectivity index (χ2v) is 6.69. The molecule has 1 atom stereocenters. The molecular formula is C14H19N3O3S. The van der Waals surface area contributed by atoms with Gasteiger partial charge in [-0.3, -0.25) is 14.5 Å². The number of fused-ring (bicyclic) bond motifs is 1. The molecule has 0 saturated carbocycles. The van der Waals surface area contributed by atoms with Gasteiger partial charge < -0.3 is 10.4 Å². The molecule has 2 N–H and O–H groups in total. The Morgan fingerprint density at radius 2 is 2.14 bits per heavy atom. The summed E-state index contributed by atoms with van der Waals surface area (Å²) in [6.07, 6.45) is 5.85. The number of anilines is 1. The average molecular weight is 309 g/mol. The number of carbonyl (C=O) groups is 2. The molecule has 1 aromatic rings. The van der Waals surface area contributed by atoms with Crippen molar-refractivity contribution in [3.8, 4) is 0 Å². The van der Waals surface area contributed by atoms with Crippen molar-refractivity contribution in [1.29, 1.82) is 0 Å². The van der Waals surface area contributed by atoms with Gasteiger partial charge in [0.25, 0.3) is 0 Å². The molecule has 0 spiro atoms. The fraction of sp³-hybridized carbons (Fsp3) is 0.643. The van der Waals surface area contributed by atoms with Crippen LogP contribution in [0.3, 0.4) is 0 Å². The smallest absolute Gasteiger partial charge is 0.320 e. The second-order valence-electron chi connectivity index (χ2n) is 5.61. The highest BCUT2D eigenvalue weighted by Gasteiger charge is 2.31. The van der Waals surface area contributed by atoms with Gasteiger partial charge in [0.1, 0.15) is 6.04 Å². The van der Waals surface area contributed by atoms with Crippen LogP contribution in [0.5, 0.6) is 0 Å². The number of carboxylic acid groups (broad SMARTS) is 1. The van der Waals surface area contributed by atoms with Crippen LogP contribution in [0.15, 0.2) is 0 Å². The summed E-state index contributed by atoms with van der Waals surface area (Å²) in [6.45, 7) is 0.792. The van der Waals surface area contributed by atoms with Crippen LogP contribution in [0.2, 0.25) is 0 Å². The van der Waals surface area contributed by atoms with Gasteiger partial charge in [0.05, 0.1) is 12.2 Å². The number of nitrogens with one attached hydrogen (secondary N) is 1. The van der Waals surface area contributed by atoms with Crippen LogP contribution < -0.4 is 5.32 Å². The van der Waals surface area contributed by atoms with Crippen molar-refractivity contribution in [2.45, 2.75) is 44.6 Å². The van der Waals surface area contributed by atoms with Gasteiger partial charge in [-0.05, 0) is 45.1 Å². The number of aryl methyl sites for hydroxylation is 2.